The molecule has 100 valence electrons. The second kappa shape index (κ2) is 5.67. The van der Waals surface area contributed by atoms with Crippen molar-refractivity contribution in [1.29, 1.82) is 0 Å². The van der Waals surface area contributed by atoms with E-state index in [0.717, 1.165) is 31.7 Å². The van der Waals surface area contributed by atoms with Crippen LogP contribution < -0.4 is 10.0 Å². The summed E-state index contributed by atoms with van der Waals surface area (Å²) in [5.41, 5.74) is 0. The highest BCUT2D eigenvalue weighted by atomic mass is 32.2. The van der Waals surface area contributed by atoms with Gasteiger partial charge in [0.25, 0.3) is 0 Å². The van der Waals surface area contributed by atoms with Crippen LogP contribution in [0.1, 0.15) is 38.5 Å². The molecule has 0 heterocycles. The Morgan fingerprint density at radius 1 is 1.18 bits per heavy atom. The van der Waals surface area contributed by atoms with Gasteiger partial charge in [-0.3, -0.25) is 0 Å². The van der Waals surface area contributed by atoms with Crippen molar-refractivity contribution in [2.45, 2.75) is 44.6 Å². The maximum atomic E-state index is 11.9. The fourth-order valence-electron chi connectivity index (χ4n) is 3.27. The number of rotatable bonds is 7. The van der Waals surface area contributed by atoms with E-state index in [1.807, 2.05) is 7.05 Å². The minimum Gasteiger partial charge on any atom is -0.320 e. The van der Waals surface area contributed by atoms with Gasteiger partial charge in [0.05, 0.1) is 5.75 Å². The molecule has 2 aliphatic rings. The third-order valence-electron chi connectivity index (χ3n) is 4.16. The summed E-state index contributed by atoms with van der Waals surface area (Å²) in [6.07, 6.45) is 6.52. The third-order valence-corrected chi connectivity index (χ3v) is 5.65. The number of hydrogen-bond donors (Lipinski definition) is 2. The summed E-state index contributed by atoms with van der Waals surface area (Å²) in [4.78, 5) is 0. The second-order valence-corrected chi connectivity index (χ2v) is 7.40. The maximum Gasteiger partial charge on any atom is 0.211 e. The lowest BCUT2D eigenvalue weighted by Gasteiger charge is -2.22. The molecule has 0 aromatic carbocycles. The highest BCUT2D eigenvalue weighted by Crippen LogP contribution is 2.44. The number of hydrogen-bond acceptors (Lipinski definition) is 3. The highest BCUT2D eigenvalue weighted by Gasteiger charge is 2.40. The predicted octanol–water partition coefficient (Wildman–Crippen LogP) is 1.09. The van der Waals surface area contributed by atoms with Gasteiger partial charge in [0.2, 0.25) is 10.0 Å². The number of fused-ring (bicyclic) bond motifs is 2. The van der Waals surface area contributed by atoms with E-state index in [9.17, 15) is 8.42 Å². The zero-order valence-electron chi connectivity index (χ0n) is 10.6. The van der Waals surface area contributed by atoms with Gasteiger partial charge in [-0.1, -0.05) is 6.42 Å². The second-order valence-electron chi connectivity index (χ2n) is 5.53. The molecule has 0 saturated heterocycles. The van der Waals surface area contributed by atoms with Crippen LogP contribution in [-0.2, 0) is 10.0 Å². The summed E-state index contributed by atoms with van der Waals surface area (Å²) < 4.78 is 26.7. The molecule has 2 bridgehead atoms. The molecule has 2 saturated carbocycles. The van der Waals surface area contributed by atoms with Gasteiger partial charge in [0, 0.05) is 6.04 Å². The van der Waals surface area contributed by atoms with Gasteiger partial charge in [-0.25, -0.2) is 13.1 Å². The minimum atomic E-state index is -3.05. The first kappa shape index (κ1) is 13.3. The zero-order valence-corrected chi connectivity index (χ0v) is 11.4. The molecule has 3 atom stereocenters. The first-order valence-electron chi connectivity index (χ1n) is 6.75. The van der Waals surface area contributed by atoms with Crippen molar-refractivity contribution in [3.63, 3.8) is 0 Å². The van der Waals surface area contributed by atoms with Gasteiger partial charge in [-0.2, -0.15) is 0 Å². The highest BCUT2D eigenvalue weighted by molar-refractivity contribution is 7.89. The van der Waals surface area contributed by atoms with Crippen molar-refractivity contribution < 1.29 is 8.42 Å². The van der Waals surface area contributed by atoms with Crippen LogP contribution in [0.4, 0.5) is 0 Å². The van der Waals surface area contributed by atoms with Crippen molar-refractivity contribution in [2.24, 2.45) is 11.8 Å². The Kier molecular flexibility index (Phi) is 4.44. The average molecular weight is 260 g/mol. The molecule has 2 fully saturated rings. The van der Waals surface area contributed by atoms with Gasteiger partial charge in [-0.15, -0.1) is 0 Å². The van der Waals surface area contributed by atoms with E-state index in [-0.39, 0.29) is 11.8 Å². The van der Waals surface area contributed by atoms with Gasteiger partial charge in [0.15, 0.2) is 0 Å². The van der Waals surface area contributed by atoms with Crippen molar-refractivity contribution in [2.75, 3.05) is 19.3 Å². The van der Waals surface area contributed by atoms with Gasteiger partial charge in [0.1, 0.15) is 0 Å². The van der Waals surface area contributed by atoms with Crippen LogP contribution in [0.25, 0.3) is 0 Å². The predicted molar refractivity (Wildman–Crippen MR) is 69.3 cm³/mol. The van der Waals surface area contributed by atoms with E-state index in [1.54, 1.807) is 0 Å². The van der Waals surface area contributed by atoms with Crippen LogP contribution in [0.15, 0.2) is 0 Å². The Bertz CT molecular complexity index is 342. The summed E-state index contributed by atoms with van der Waals surface area (Å²) in [5.74, 6) is 1.69. The molecular formula is C12H24N2O2S. The lowest BCUT2D eigenvalue weighted by atomic mass is 9.96. The largest absolute Gasteiger partial charge is 0.320 e. The van der Waals surface area contributed by atoms with E-state index < -0.39 is 10.0 Å². The standard InChI is InChI=1S/C12H24N2O2S/c1-13-6-2-3-7-17(15,16)14-12-9-10-4-5-11(12)8-10/h10-14H,2-9H2,1H3. The molecule has 3 unspecified atom stereocenters. The van der Waals surface area contributed by atoms with Crippen molar-refractivity contribution >= 4 is 10.0 Å². The smallest absolute Gasteiger partial charge is 0.211 e. The first-order valence-corrected chi connectivity index (χ1v) is 8.40. The van der Waals surface area contributed by atoms with Crippen LogP contribution in [0.3, 0.4) is 0 Å². The van der Waals surface area contributed by atoms with E-state index in [1.165, 1.54) is 19.3 Å². The Morgan fingerprint density at radius 2 is 2.00 bits per heavy atom. The Hall–Kier alpha value is -0.130. The van der Waals surface area contributed by atoms with Crippen LogP contribution >= 0.6 is 0 Å². The normalized spacial score (nSPS) is 32.2. The molecule has 2 N–H and O–H groups in total. The Morgan fingerprint density at radius 3 is 2.59 bits per heavy atom. The lowest BCUT2D eigenvalue weighted by Crippen LogP contribution is -2.39. The molecule has 0 spiro atoms. The summed E-state index contributed by atoms with van der Waals surface area (Å²) in [5, 5.41) is 3.03. The number of unbranched alkanes of at least 4 members (excludes halogenated alkanes) is 1. The molecule has 0 aliphatic heterocycles. The summed E-state index contributed by atoms with van der Waals surface area (Å²) in [7, 11) is -1.15. The molecule has 5 heteroatoms. The Balaban J connectivity index is 1.73. The van der Waals surface area contributed by atoms with Gasteiger partial charge in [-0.05, 0) is 57.5 Å². The molecule has 0 radical (unpaired) electrons. The summed E-state index contributed by atoms with van der Waals surface area (Å²) >= 11 is 0. The average Bonchev–Trinajstić information content (AvgIpc) is 2.85. The first-order chi connectivity index (χ1) is 8.11. The minimum absolute atomic E-state index is 0.239. The molecule has 2 rings (SSSR count). The fourth-order valence-corrected chi connectivity index (χ4v) is 4.72. The van der Waals surface area contributed by atoms with Crippen molar-refractivity contribution in [3.8, 4) is 0 Å². The van der Waals surface area contributed by atoms with Crippen molar-refractivity contribution in [3.05, 3.63) is 0 Å². The molecular weight excluding hydrogens is 236 g/mol. The Labute approximate surface area is 105 Å². The van der Waals surface area contributed by atoms with E-state index in [2.05, 4.69) is 10.0 Å². The van der Waals surface area contributed by atoms with Crippen molar-refractivity contribution in [1.82, 2.24) is 10.0 Å². The molecule has 17 heavy (non-hydrogen) atoms. The summed E-state index contributed by atoms with van der Waals surface area (Å²) in [6.45, 7) is 0.893. The molecule has 0 amide bonds. The quantitative estimate of drug-likeness (QED) is 0.674. The summed E-state index contributed by atoms with van der Waals surface area (Å²) in [6, 6.07) is 0.239. The molecule has 4 nitrogen and oxygen atoms in total. The lowest BCUT2D eigenvalue weighted by molar-refractivity contribution is 0.390. The zero-order chi connectivity index (χ0) is 12.3. The van der Waals surface area contributed by atoms with E-state index in [4.69, 9.17) is 0 Å². The van der Waals surface area contributed by atoms with Crippen LogP contribution in [0, 0.1) is 11.8 Å². The molecule has 0 aromatic rings. The SMILES string of the molecule is CNCCCCS(=O)(=O)NC1CC2CCC1C2. The number of nitrogens with one attached hydrogen (secondary N) is 2. The maximum absolute atomic E-state index is 11.9. The van der Waals surface area contributed by atoms with E-state index >= 15 is 0 Å². The van der Waals surface area contributed by atoms with E-state index in [0.29, 0.717) is 5.92 Å². The molecule has 2 aliphatic carbocycles. The van der Waals surface area contributed by atoms with Gasteiger partial charge < -0.3 is 5.32 Å². The monoisotopic (exact) mass is 260 g/mol. The van der Waals surface area contributed by atoms with Crippen LogP contribution in [0.2, 0.25) is 0 Å². The topological polar surface area (TPSA) is 58.2 Å². The fraction of sp³-hybridized carbons (Fsp3) is 1.00. The van der Waals surface area contributed by atoms with Crippen LogP contribution in [0.5, 0.6) is 0 Å². The number of sulfonamides is 1. The van der Waals surface area contributed by atoms with Gasteiger partial charge >= 0.3 is 0 Å². The molecule has 0 aromatic heterocycles. The third kappa shape index (κ3) is 3.66. The van der Waals surface area contributed by atoms with Crippen LogP contribution in [-0.4, -0.2) is 33.8 Å².